The first-order chi connectivity index (χ1) is 12.2. The van der Waals surface area contributed by atoms with Crippen molar-refractivity contribution in [2.45, 2.75) is 38.1 Å². The minimum Gasteiger partial charge on any atom is -0.497 e. The molecule has 2 heterocycles. The number of amides is 1. The minimum absolute atomic E-state index is 0.103. The molecule has 0 atom stereocenters. The molecular weight excluding hydrogens is 334 g/mol. The van der Waals surface area contributed by atoms with E-state index in [-0.39, 0.29) is 5.91 Å². The maximum absolute atomic E-state index is 12.3. The lowest BCUT2D eigenvalue weighted by atomic mass is 10.1. The summed E-state index contributed by atoms with van der Waals surface area (Å²) in [6.07, 6.45) is 7.07. The summed E-state index contributed by atoms with van der Waals surface area (Å²) in [5, 5.41) is 5.17. The molecule has 1 saturated carbocycles. The van der Waals surface area contributed by atoms with Gasteiger partial charge in [0.15, 0.2) is 4.96 Å². The second kappa shape index (κ2) is 6.88. The summed E-state index contributed by atoms with van der Waals surface area (Å²) < 4.78 is 7.22. The van der Waals surface area contributed by atoms with Crippen LogP contribution in [0.4, 0.5) is 0 Å². The van der Waals surface area contributed by atoms with Gasteiger partial charge in [-0.3, -0.25) is 9.20 Å². The second-order valence-electron chi connectivity index (χ2n) is 6.46. The number of ether oxygens (including phenoxy) is 1. The molecule has 3 aromatic rings. The molecule has 0 aliphatic heterocycles. The lowest BCUT2D eigenvalue weighted by Gasteiger charge is -2.11. The lowest BCUT2D eigenvalue weighted by molar-refractivity contribution is -0.121. The van der Waals surface area contributed by atoms with Crippen molar-refractivity contribution in [3.05, 3.63) is 41.5 Å². The number of carbonyl (C=O) groups is 1. The number of thiazole rings is 1. The lowest BCUT2D eigenvalue weighted by Crippen LogP contribution is -2.33. The van der Waals surface area contributed by atoms with Gasteiger partial charge in [0.1, 0.15) is 5.75 Å². The van der Waals surface area contributed by atoms with Crippen LogP contribution in [0.5, 0.6) is 5.75 Å². The molecule has 6 heteroatoms. The van der Waals surface area contributed by atoms with E-state index in [9.17, 15) is 4.79 Å². The summed E-state index contributed by atoms with van der Waals surface area (Å²) in [7, 11) is 1.66. The van der Waals surface area contributed by atoms with Crippen LogP contribution in [0.3, 0.4) is 0 Å². The number of nitrogens with one attached hydrogen (secondary N) is 1. The van der Waals surface area contributed by atoms with E-state index in [4.69, 9.17) is 4.74 Å². The third-order valence-corrected chi connectivity index (χ3v) is 5.62. The van der Waals surface area contributed by atoms with Crippen molar-refractivity contribution < 1.29 is 9.53 Å². The monoisotopic (exact) mass is 355 g/mol. The van der Waals surface area contributed by atoms with Gasteiger partial charge in [-0.05, 0) is 37.1 Å². The summed E-state index contributed by atoms with van der Waals surface area (Å²) in [4.78, 5) is 17.9. The zero-order valence-corrected chi connectivity index (χ0v) is 15.0. The Bertz CT molecular complexity index is 876. The van der Waals surface area contributed by atoms with Crippen molar-refractivity contribution in [3.8, 4) is 17.0 Å². The highest BCUT2D eigenvalue weighted by Gasteiger charge is 2.18. The Morgan fingerprint density at radius 1 is 1.32 bits per heavy atom. The van der Waals surface area contributed by atoms with Crippen molar-refractivity contribution in [2.24, 2.45) is 0 Å². The minimum atomic E-state index is 0.103. The van der Waals surface area contributed by atoms with E-state index in [0.717, 1.165) is 40.5 Å². The van der Waals surface area contributed by atoms with Crippen molar-refractivity contribution in [1.82, 2.24) is 14.7 Å². The van der Waals surface area contributed by atoms with Crippen LogP contribution in [-0.2, 0) is 11.2 Å². The molecule has 25 heavy (non-hydrogen) atoms. The fraction of sp³-hybridized carbons (Fsp3) is 0.368. The quantitative estimate of drug-likeness (QED) is 0.760. The highest BCUT2D eigenvalue weighted by molar-refractivity contribution is 7.15. The molecule has 0 radical (unpaired) electrons. The van der Waals surface area contributed by atoms with Gasteiger partial charge in [-0.15, -0.1) is 11.3 Å². The molecule has 1 aromatic carbocycles. The summed E-state index contributed by atoms with van der Waals surface area (Å²) in [5.41, 5.74) is 2.94. The molecule has 1 aliphatic rings. The van der Waals surface area contributed by atoms with Crippen LogP contribution in [0.1, 0.15) is 31.4 Å². The van der Waals surface area contributed by atoms with E-state index in [1.807, 2.05) is 40.2 Å². The van der Waals surface area contributed by atoms with E-state index >= 15 is 0 Å². The van der Waals surface area contributed by atoms with Gasteiger partial charge >= 0.3 is 0 Å². The molecular formula is C19H21N3O2S. The Balaban J connectivity index is 1.52. The number of hydrogen-bond donors (Lipinski definition) is 1. The molecule has 5 nitrogen and oxygen atoms in total. The Morgan fingerprint density at radius 3 is 2.80 bits per heavy atom. The Kier molecular flexibility index (Phi) is 4.44. The predicted octanol–water partition coefficient (Wildman–Crippen LogP) is 3.67. The fourth-order valence-electron chi connectivity index (χ4n) is 3.37. The van der Waals surface area contributed by atoms with E-state index in [1.54, 1.807) is 18.4 Å². The van der Waals surface area contributed by atoms with Gasteiger partial charge in [-0.2, -0.15) is 0 Å². The number of imidazole rings is 1. The van der Waals surface area contributed by atoms with Crippen LogP contribution in [0.25, 0.3) is 16.2 Å². The standard InChI is InChI=1S/C19H21N3O2S/c1-24-16-8-6-13(7-9-16)17-11-22-15(12-25-19(22)21-17)10-18(23)20-14-4-2-3-5-14/h6-9,11-12,14H,2-5,10H2,1H3,(H,20,23). The Hall–Kier alpha value is -2.34. The first kappa shape index (κ1) is 16.1. The van der Waals surface area contributed by atoms with Crippen LogP contribution in [-0.4, -0.2) is 28.4 Å². The average Bonchev–Trinajstić information content (AvgIpc) is 3.34. The molecule has 1 aliphatic carbocycles. The first-order valence-electron chi connectivity index (χ1n) is 8.62. The highest BCUT2D eigenvalue weighted by Crippen LogP contribution is 2.25. The van der Waals surface area contributed by atoms with Crippen LogP contribution >= 0.6 is 11.3 Å². The van der Waals surface area contributed by atoms with Gasteiger partial charge in [0.25, 0.3) is 0 Å². The van der Waals surface area contributed by atoms with Crippen molar-refractivity contribution in [1.29, 1.82) is 0 Å². The van der Waals surface area contributed by atoms with Crippen LogP contribution in [0, 0.1) is 0 Å². The van der Waals surface area contributed by atoms with E-state index in [1.165, 1.54) is 12.8 Å². The number of carbonyl (C=O) groups excluding carboxylic acids is 1. The van der Waals surface area contributed by atoms with Gasteiger partial charge in [-0.1, -0.05) is 12.8 Å². The number of nitrogens with zero attached hydrogens (tertiary/aromatic N) is 2. The third-order valence-electron chi connectivity index (χ3n) is 4.73. The largest absolute Gasteiger partial charge is 0.497 e. The maximum Gasteiger partial charge on any atom is 0.226 e. The smallest absolute Gasteiger partial charge is 0.226 e. The molecule has 0 saturated heterocycles. The maximum atomic E-state index is 12.3. The number of rotatable bonds is 5. The molecule has 0 spiro atoms. The molecule has 4 rings (SSSR count). The van der Waals surface area contributed by atoms with Gasteiger partial charge in [0.2, 0.25) is 5.91 Å². The zero-order chi connectivity index (χ0) is 17.2. The number of aromatic nitrogens is 2. The number of benzene rings is 1. The number of methoxy groups -OCH3 is 1. The molecule has 130 valence electrons. The van der Waals surface area contributed by atoms with Gasteiger partial charge in [-0.25, -0.2) is 4.98 Å². The van der Waals surface area contributed by atoms with Crippen LogP contribution < -0.4 is 10.1 Å². The second-order valence-corrected chi connectivity index (χ2v) is 7.30. The predicted molar refractivity (Wildman–Crippen MR) is 99.2 cm³/mol. The van der Waals surface area contributed by atoms with E-state index < -0.39 is 0 Å². The van der Waals surface area contributed by atoms with E-state index in [2.05, 4.69) is 10.3 Å². The molecule has 1 fully saturated rings. The van der Waals surface area contributed by atoms with Crippen molar-refractivity contribution >= 4 is 22.2 Å². The average molecular weight is 355 g/mol. The third kappa shape index (κ3) is 3.39. The highest BCUT2D eigenvalue weighted by atomic mass is 32.1. The van der Waals surface area contributed by atoms with Gasteiger partial charge in [0, 0.05) is 28.9 Å². The summed E-state index contributed by atoms with van der Waals surface area (Å²) >= 11 is 1.57. The van der Waals surface area contributed by atoms with Gasteiger partial charge < -0.3 is 10.1 Å². The zero-order valence-electron chi connectivity index (χ0n) is 14.2. The van der Waals surface area contributed by atoms with Crippen molar-refractivity contribution in [2.75, 3.05) is 7.11 Å². The SMILES string of the molecule is COc1ccc(-c2cn3c(CC(=O)NC4CCCC4)csc3n2)cc1. The molecule has 0 unspecified atom stereocenters. The molecule has 0 bridgehead atoms. The molecule has 1 N–H and O–H groups in total. The van der Waals surface area contributed by atoms with Crippen LogP contribution in [0.2, 0.25) is 0 Å². The summed E-state index contributed by atoms with van der Waals surface area (Å²) in [6, 6.07) is 8.21. The Morgan fingerprint density at radius 2 is 2.08 bits per heavy atom. The molecule has 2 aromatic heterocycles. The summed E-state index contributed by atoms with van der Waals surface area (Å²) in [6.45, 7) is 0. The Labute approximate surface area is 150 Å². The summed E-state index contributed by atoms with van der Waals surface area (Å²) in [5.74, 6) is 0.931. The number of fused-ring (bicyclic) bond motifs is 1. The normalized spacial score (nSPS) is 14.9. The van der Waals surface area contributed by atoms with E-state index in [0.29, 0.717) is 12.5 Å². The topological polar surface area (TPSA) is 55.6 Å². The number of hydrogen-bond acceptors (Lipinski definition) is 4. The fourth-order valence-corrected chi connectivity index (χ4v) is 4.24. The first-order valence-corrected chi connectivity index (χ1v) is 9.50. The van der Waals surface area contributed by atoms with Crippen molar-refractivity contribution in [3.63, 3.8) is 0 Å². The van der Waals surface area contributed by atoms with Gasteiger partial charge in [0.05, 0.1) is 19.2 Å². The molecule has 1 amide bonds. The van der Waals surface area contributed by atoms with Crippen LogP contribution in [0.15, 0.2) is 35.8 Å².